The molecule has 1 aliphatic rings. The Hall–Kier alpha value is -3.61. The molecule has 36 heavy (non-hydrogen) atoms. The van der Waals surface area contributed by atoms with Crippen LogP contribution in [-0.4, -0.2) is 64.7 Å². The highest BCUT2D eigenvalue weighted by molar-refractivity contribution is 5.96. The minimum Gasteiger partial charge on any atom is -0.497 e. The molecule has 4 rings (SSSR count). The molecule has 0 N–H and O–H groups in total. The maximum atomic E-state index is 13.3. The van der Waals surface area contributed by atoms with Crippen molar-refractivity contribution in [1.82, 2.24) is 19.6 Å². The highest BCUT2D eigenvalue weighted by Crippen LogP contribution is 2.29. The maximum absolute atomic E-state index is 13.3. The van der Waals surface area contributed by atoms with E-state index in [0.29, 0.717) is 25.2 Å². The Morgan fingerprint density at radius 1 is 1.11 bits per heavy atom. The quantitative estimate of drug-likeness (QED) is 0.498. The average molecular weight is 489 g/mol. The first kappa shape index (κ1) is 25.5. The van der Waals surface area contributed by atoms with Crippen LogP contribution >= 0.6 is 0 Å². The summed E-state index contributed by atoms with van der Waals surface area (Å²) in [7, 11) is 5.35. The van der Waals surface area contributed by atoms with E-state index in [1.807, 2.05) is 74.1 Å². The number of benzene rings is 2. The van der Waals surface area contributed by atoms with Gasteiger partial charge in [0.25, 0.3) is 11.8 Å². The Bertz CT molecular complexity index is 1230. The first-order valence-corrected chi connectivity index (χ1v) is 12.5. The van der Waals surface area contributed by atoms with E-state index in [0.717, 1.165) is 40.8 Å². The van der Waals surface area contributed by atoms with Gasteiger partial charge in [0.1, 0.15) is 11.4 Å². The fourth-order valence-corrected chi connectivity index (χ4v) is 5.15. The van der Waals surface area contributed by atoms with Gasteiger partial charge in [-0.25, -0.2) is 0 Å². The number of piperidine rings is 1. The summed E-state index contributed by atoms with van der Waals surface area (Å²) in [5, 5.41) is 4.33. The summed E-state index contributed by atoms with van der Waals surface area (Å²) in [5.41, 5.74) is 4.44. The molecular weight excluding hydrogens is 452 g/mol. The molecule has 1 saturated heterocycles. The Balaban J connectivity index is 1.53. The normalized spacial score (nSPS) is 15.0. The number of nitrogens with zero attached hydrogens (tertiary/aromatic N) is 4. The van der Waals surface area contributed by atoms with Gasteiger partial charge < -0.3 is 14.5 Å². The molecule has 2 amide bonds. The molecule has 3 aromatic rings. The molecule has 7 heteroatoms. The lowest BCUT2D eigenvalue weighted by Crippen LogP contribution is -2.48. The van der Waals surface area contributed by atoms with Gasteiger partial charge in [0, 0.05) is 45.0 Å². The van der Waals surface area contributed by atoms with Gasteiger partial charge >= 0.3 is 0 Å². The van der Waals surface area contributed by atoms with Crippen LogP contribution in [0.2, 0.25) is 0 Å². The predicted octanol–water partition coefficient (Wildman–Crippen LogP) is 4.28. The molecule has 2 aromatic carbocycles. The van der Waals surface area contributed by atoms with Crippen molar-refractivity contribution in [3.05, 3.63) is 82.7 Å². The third-order valence-electron chi connectivity index (χ3n) is 7.32. The minimum absolute atomic E-state index is 0.0235. The summed E-state index contributed by atoms with van der Waals surface area (Å²) < 4.78 is 7.07. The van der Waals surface area contributed by atoms with Gasteiger partial charge in [-0.1, -0.05) is 29.8 Å². The third-order valence-corrected chi connectivity index (χ3v) is 7.32. The number of amides is 2. The number of carbonyl (C=O) groups excluding carboxylic acids is 2. The van der Waals surface area contributed by atoms with Crippen LogP contribution in [0.1, 0.15) is 50.4 Å². The first-order valence-electron chi connectivity index (χ1n) is 12.5. The summed E-state index contributed by atoms with van der Waals surface area (Å²) >= 11 is 0. The van der Waals surface area contributed by atoms with Gasteiger partial charge in [-0.3, -0.25) is 14.3 Å². The lowest BCUT2D eigenvalue weighted by Gasteiger charge is -2.40. The zero-order valence-corrected chi connectivity index (χ0v) is 21.9. The van der Waals surface area contributed by atoms with Crippen molar-refractivity contribution in [3.8, 4) is 5.75 Å². The summed E-state index contributed by atoms with van der Waals surface area (Å²) in [6, 6.07) is 15.8. The van der Waals surface area contributed by atoms with E-state index in [1.165, 1.54) is 0 Å². The van der Waals surface area contributed by atoms with Gasteiger partial charge in [0.2, 0.25) is 0 Å². The lowest BCUT2D eigenvalue weighted by atomic mass is 9.84. The second kappa shape index (κ2) is 11.0. The molecule has 1 fully saturated rings. The van der Waals surface area contributed by atoms with E-state index in [-0.39, 0.29) is 23.8 Å². The number of hydrogen-bond acceptors (Lipinski definition) is 4. The van der Waals surface area contributed by atoms with Crippen molar-refractivity contribution >= 4 is 11.8 Å². The average Bonchev–Trinajstić information content (AvgIpc) is 3.34. The van der Waals surface area contributed by atoms with Crippen molar-refractivity contribution < 1.29 is 14.3 Å². The topological polar surface area (TPSA) is 67.7 Å². The first-order chi connectivity index (χ1) is 17.3. The molecule has 1 aromatic heterocycles. The number of methoxy groups -OCH3 is 1. The SMILES string of the molecule is COc1cccc(C[C@@H](C2CCN(C(=O)c3cc(C)ccc3C)CC2)N(C)C(=O)c2ccn(C)n2)c1. The van der Waals surface area contributed by atoms with Crippen molar-refractivity contribution in [3.63, 3.8) is 0 Å². The molecule has 0 spiro atoms. The predicted molar refractivity (Wildman–Crippen MR) is 140 cm³/mol. The monoisotopic (exact) mass is 488 g/mol. The van der Waals surface area contributed by atoms with E-state index < -0.39 is 0 Å². The molecule has 1 atom stereocenters. The molecule has 2 heterocycles. The van der Waals surface area contributed by atoms with Crippen molar-refractivity contribution in [2.24, 2.45) is 13.0 Å². The standard InChI is InChI=1S/C29H36N4O3/c1-20-9-10-21(2)25(17-20)28(34)33-15-11-23(12-16-33)27(19-22-7-6-8-24(18-22)36-5)32(4)29(35)26-13-14-31(3)30-26/h6-10,13-14,17-18,23,27H,11-12,15-16,19H2,1-5H3/t27-/m0/s1. The molecule has 0 unspecified atom stereocenters. The molecule has 7 nitrogen and oxygen atoms in total. The van der Waals surface area contributed by atoms with Crippen molar-refractivity contribution in [2.75, 3.05) is 27.2 Å². The van der Waals surface area contributed by atoms with Crippen LogP contribution in [0.5, 0.6) is 5.75 Å². The van der Waals surface area contributed by atoms with Gasteiger partial charge in [-0.2, -0.15) is 5.10 Å². The van der Waals surface area contributed by atoms with Crippen LogP contribution in [-0.2, 0) is 13.5 Å². The smallest absolute Gasteiger partial charge is 0.274 e. The lowest BCUT2D eigenvalue weighted by molar-refractivity contribution is 0.0518. The van der Waals surface area contributed by atoms with Gasteiger partial charge in [-0.05, 0) is 74.4 Å². The number of aromatic nitrogens is 2. The molecule has 1 aliphatic heterocycles. The largest absolute Gasteiger partial charge is 0.497 e. The molecule has 0 aliphatic carbocycles. The second-order valence-electron chi connectivity index (χ2n) is 9.86. The second-order valence-corrected chi connectivity index (χ2v) is 9.86. The molecule has 190 valence electrons. The molecule has 0 bridgehead atoms. The molecule has 0 saturated carbocycles. The fraction of sp³-hybridized carbons (Fsp3) is 0.414. The Morgan fingerprint density at radius 3 is 2.53 bits per heavy atom. The third kappa shape index (κ3) is 5.61. The van der Waals surface area contributed by atoms with Gasteiger partial charge in [-0.15, -0.1) is 0 Å². The van der Waals surface area contributed by atoms with Crippen LogP contribution in [0.15, 0.2) is 54.7 Å². The number of carbonyl (C=O) groups is 2. The van der Waals surface area contributed by atoms with Crippen molar-refractivity contribution in [1.29, 1.82) is 0 Å². The van der Waals surface area contributed by atoms with E-state index in [9.17, 15) is 9.59 Å². The Labute approximate surface area is 213 Å². The van der Waals surface area contributed by atoms with E-state index in [4.69, 9.17) is 4.74 Å². The summed E-state index contributed by atoms with van der Waals surface area (Å²) in [4.78, 5) is 30.4. The van der Waals surface area contributed by atoms with Crippen LogP contribution < -0.4 is 4.74 Å². The maximum Gasteiger partial charge on any atom is 0.274 e. The minimum atomic E-state index is -0.0858. The number of ether oxygens (including phenoxy) is 1. The fourth-order valence-electron chi connectivity index (χ4n) is 5.15. The number of aryl methyl sites for hydroxylation is 3. The van der Waals surface area contributed by atoms with Crippen LogP contribution in [0, 0.1) is 19.8 Å². The number of likely N-dealkylation sites (N-methyl/N-ethyl adjacent to an activating group) is 1. The Kier molecular flexibility index (Phi) is 7.77. The van der Waals surface area contributed by atoms with Crippen LogP contribution in [0.3, 0.4) is 0 Å². The van der Waals surface area contributed by atoms with Gasteiger partial charge in [0.15, 0.2) is 0 Å². The molecular formula is C29H36N4O3. The number of hydrogen-bond donors (Lipinski definition) is 0. The van der Waals surface area contributed by atoms with E-state index >= 15 is 0 Å². The summed E-state index contributed by atoms with van der Waals surface area (Å²) in [5.74, 6) is 1.07. The molecule has 0 radical (unpaired) electrons. The van der Waals surface area contributed by atoms with E-state index in [1.54, 1.807) is 24.1 Å². The van der Waals surface area contributed by atoms with Crippen LogP contribution in [0.4, 0.5) is 0 Å². The van der Waals surface area contributed by atoms with Crippen molar-refractivity contribution in [2.45, 2.75) is 39.2 Å². The van der Waals surface area contributed by atoms with E-state index in [2.05, 4.69) is 11.2 Å². The summed E-state index contributed by atoms with van der Waals surface area (Å²) in [6.45, 7) is 5.36. The number of rotatable bonds is 7. The summed E-state index contributed by atoms with van der Waals surface area (Å²) in [6.07, 6.45) is 4.17. The van der Waals surface area contributed by atoms with Crippen LogP contribution in [0.25, 0.3) is 0 Å². The zero-order valence-electron chi connectivity index (χ0n) is 21.9. The zero-order chi connectivity index (χ0) is 25.8. The highest BCUT2D eigenvalue weighted by Gasteiger charge is 2.34. The van der Waals surface area contributed by atoms with Gasteiger partial charge in [0.05, 0.1) is 7.11 Å². The number of likely N-dealkylation sites (tertiary alicyclic amines) is 1. The Morgan fingerprint density at radius 2 is 1.86 bits per heavy atom. The highest BCUT2D eigenvalue weighted by atomic mass is 16.5.